The molecular weight excluding hydrogens is 600 g/mol. The van der Waals surface area contributed by atoms with Gasteiger partial charge in [0.15, 0.2) is 5.82 Å². The first-order valence-corrected chi connectivity index (χ1v) is 14.6. The van der Waals surface area contributed by atoms with Crippen LogP contribution in [0.2, 0.25) is 0 Å². The van der Waals surface area contributed by atoms with Gasteiger partial charge in [-0.2, -0.15) is 0 Å². The number of aromatic amines is 1. The largest absolute Gasteiger partial charge is 0.394 e. The number of hydrogen-bond donors (Lipinski definition) is 5. The van der Waals surface area contributed by atoms with E-state index in [2.05, 4.69) is 31.4 Å². The Kier molecular flexibility index (Phi) is 12.0. The van der Waals surface area contributed by atoms with Crippen molar-refractivity contribution in [3.05, 3.63) is 89.5 Å². The molecule has 0 aliphatic rings. The Bertz CT molecular complexity index is 1570. The first-order valence-electron chi connectivity index (χ1n) is 14.6. The summed E-state index contributed by atoms with van der Waals surface area (Å²) in [6.07, 6.45) is -1.21. The molecule has 2 amide bonds. The number of H-pyrrole nitrogens is 1. The molecule has 4 rings (SSSR count). The molecular formula is C32H37F2N7O5. The van der Waals surface area contributed by atoms with E-state index in [4.69, 9.17) is 9.84 Å². The third kappa shape index (κ3) is 9.68. The SMILES string of the molecule is CC(C)(CC(=O)NN(Cc1ccc(-c2ccccc2-c2nnn[nH]2)cc1)C(=O)CCOCc1c(F)cccc1F)NC[C@H](O)CO. The molecule has 5 N–H and O–H groups in total. The number of amides is 2. The Morgan fingerprint density at radius 1 is 1.02 bits per heavy atom. The fourth-order valence-corrected chi connectivity index (χ4v) is 4.63. The van der Waals surface area contributed by atoms with Crippen molar-refractivity contribution in [2.45, 2.75) is 51.5 Å². The van der Waals surface area contributed by atoms with Crippen LogP contribution in [0, 0.1) is 11.6 Å². The van der Waals surface area contributed by atoms with Gasteiger partial charge in [0.25, 0.3) is 0 Å². The highest BCUT2D eigenvalue weighted by molar-refractivity contribution is 5.83. The van der Waals surface area contributed by atoms with Crippen LogP contribution in [-0.2, 0) is 27.5 Å². The number of hydrazine groups is 1. The molecule has 1 atom stereocenters. The van der Waals surface area contributed by atoms with Gasteiger partial charge < -0.3 is 20.3 Å². The summed E-state index contributed by atoms with van der Waals surface area (Å²) in [4.78, 5) is 26.4. The van der Waals surface area contributed by atoms with Crippen LogP contribution in [0.5, 0.6) is 0 Å². The molecule has 4 aromatic rings. The van der Waals surface area contributed by atoms with Gasteiger partial charge in [-0.15, -0.1) is 5.10 Å². The minimum atomic E-state index is -0.986. The molecule has 0 fully saturated rings. The van der Waals surface area contributed by atoms with Crippen LogP contribution >= 0.6 is 0 Å². The van der Waals surface area contributed by atoms with E-state index in [1.807, 2.05) is 48.5 Å². The van der Waals surface area contributed by atoms with Gasteiger partial charge in [-0.05, 0) is 53.1 Å². The predicted molar refractivity (Wildman–Crippen MR) is 164 cm³/mol. The molecule has 0 unspecified atom stereocenters. The summed E-state index contributed by atoms with van der Waals surface area (Å²) >= 11 is 0. The smallest absolute Gasteiger partial charge is 0.243 e. The van der Waals surface area contributed by atoms with Crippen LogP contribution in [0.1, 0.15) is 37.8 Å². The first-order chi connectivity index (χ1) is 22.1. The van der Waals surface area contributed by atoms with Crippen molar-refractivity contribution in [1.82, 2.24) is 36.4 Å². The highest BCUT2D eigenvalue weighted by Gasteiger charge is 2.25. The number of halogens is 2. The zero-order valence-electron chi connectivity index (χ0n) is 25.5. The number of nitrogens with zero attached hydrogens (tertiary/aromatic N) is 4. The van der Waals surface area contributed by atoms with Crippen molar-refractivity contribution in [1.29, 1.82) is 0 Å². The lowest BCUT2D eigenvalue weighted by Gasteiger charge is -2.29. The Hall–Kier alpha value is -4.63. The summed E-state index contributed by atoms with van der Waals surface area (Å²) in [5, 5.41) is 37.0. The second-order valence-electron chi connectivity index (χ2n) is 11.3. The van der Waals surface area contributed by atoms with Crippen LogP contribution in [0.25, 0.3) is 22.5 Å². The highest BCUT2D eigenvalue weighted by Crippen LogP contribution is 2.30. The topological polar surface area (TPSA) is 166 Å². The van der Waals surface area contributed by atoms with Crippen molar-refractivity contribution in [3.63, 3.8) is 0 Å². The predicted octanol–water partition coefficient (Wildman–Crippen LogP) is 2.89. The van der Waals surface area contributed by atoms with Gasteiger partial charge in [0.1, 0.15) is 11.6 Å². The maximum absolute atomic E-state index is 14.0. The van der Waals surface area contributed by atoms with Gasteiger partial charge in [0, 0.05) is 29.6 Å². The van der Waals surface area contributed by atoms with Crippen molar-refractivity contribution in [2.75, 3.05) is 19.8 Å². The van der Waals surface area contributed by atoms with Crippen molar-refractivity contribution in [3.8, 4) is 22.5 Å². The molecule has 0 saturated heterocycles. The van der Waals surface area contributed by atoms with Crippen LogP contribution in [0.15, 0.2) is 66.7 Å². The number of β-amino-alcohol motifs (C(OH)–C–C–N with tert-alkyl or cyclic N) is 1. The number of carbonyl (C=O) groups excluding carboxylic acids is 2. The standard InChI is InChI=1S/C32H37F2N7O5/c1-32(2,35-17-23(43)19-42)16-29(44)38-41(30(45)14-15-46-20-26-27(33)8-5-9-28(26)34)18-21-10-12-22(13-11-21)24-6-3-4-7-25(24)31-36-39-40-37-31/h3-13,23,35,42-43H,14-20H2,1-2H3,(H,38,44)(H,36,37,39,40)/t23-/m0/s1. The number of ether oxygens (including phenoxy) is 1. The lowest BCUT2D eigenvalue weighted by molar-refractivity contribution is -0.143. The molecule has 12 nitrogen and oxygen atoms in total. The average molecular weight is 638 g/mol. The molecule has 0 spiro atoms. The Balaban J connectivity index is 1.45. The number of nitrogens with one attached hydrogen (secondary N) is 3. The molecule has 0 aliphatic carbocycles. The van der Waals surface area contributed by atoms with E-state index >= 15 is 0 Å². The summed E-state index contributed by atoms with van der Waals surface area (Å²) in [6, 6.07) is 18.5. The van der Waals surface area contributed by atoms with Gasteiger partial charge in [0.2, 0.25) is 11.8 Å². The van der Waals surface area contributed by atoms with Crippen LogP contribution in [0.4, 0.5) is 8.78 Å². The fraction of sp³-hybridized carbons (Fsp3) is 0.344. The van der Waals surface area contributed by atoms with E-state index in [0.29, 0.717) is 11.4 Å². The van der Waals surface area contributed by atoms with Crippen LogP contribution in [0.3, 0.4) is 0 Å². The second-order valence-corrected chi connectivity index (χ2v) is 11.3. The summed E-state index contributed by atoms with van der Waals surface area (Å²) in [6.45, 7) is 2.68. The maximum atomic E-state index is 14.0. The van der Waals surface area contributed by atoms with Crippen molar-refractivity contribution < 1.29 is 33.3 Å². The third-order valence-corrected chi connectivity index (χ3v) is 7.09. The van der Waals surface area contributed by atoms with E-state index in [-0.39, 0.29) is 44.7 Å². The molecule has 1 heterocycles. The van der Waals surface area contributed by atoms with E-state index in [1.54, 1.807) is 13.8 Å². The van der Waals surface area contributed by atoms with E-state index in [1.165, 1.54) is 11.1 Å². The van der Waals surface area contributed by atoms with Crippen molar-refractivity contribution >= 4 is 11.8 Å². The van der Waals surface area contributed by atoms with Gasteiger partial charge in [-0.25, -0.2) is 18.9 Å². The molecule has 244 valence electrons. The van der Waals surface area contributed by atoms with E-state index < -0.39 is 41.7 Å². The molecule has 0 saturated carbocycles. The lowest BCUT2D eigenvalue weighted by Crippen LogP contribution is -2.51. The van der Waals surface area contributed by atoms with Gasteiger partial charge in [-0.1, -0.05) is 54.6 Å². The quantitative estimate of drug-likeness (QED) is 0.0974. The van der Waals surface area contributed by atoms with Crippen LogP contribution < -0.4 is 10.7 Å². The molecule has 46 heavy (non-hydrogen) atoms. The van der Waals surface area contributed by atoms with Crippen molar-refractivity contribution in [2.24, 2.45) is 0 Å². The monoisotopic (exact) mass is 637 g/mol. The Morgan fingerprint density at radius 2 is 1.72 bits per heavy atom. The summed E-state index contributed by atoms with van der Waals surface area (Å²) in [7, 11) is 0. The maximum Gasteiger partial charge on any atom is 0.243 e. The minimum Gasteiger partial charge on any atom is -0.394 e. The van der Waals surface area contributed by atoms with E-state index in [9.17, 15) is 23.5 Å². The Morgan fingerprint density at radius 3 is 2.37 bits per heavy atom. The molecule has 3 aromatic carbocycles. The number of carbonyl (C=O) groups is 2. The number of aliphatic hydroxyl groups is 2. The molecule has 1 aromatic heterocycles. The Labute approximate surface area is 264 Å². The summed E-state index contributed by atoms with van der Waals surface area (Å²) in [5.41, 5.74) is 4.95. The number of aliphatic hydroxyl groups excluding tert-OH is 2. The number of benzene rings is 3. The lowest BCUT2D eigenvalue weighted by atomic mass is 9.98. The first kappa shape index (κ1) is 34.2. The summed E-state index contributed by atoms with van der Waals surface area (Å²) in [5.74, 6) is -1.92. The number of tetrazole rings is 1. The second kappa shape index (κ2) is 16.1. The zero-order valence-corrected chi connectivity index (χ0v) is 25.5. The molecule has 14 heteroatoms. The number of aromatic nitrogens is 4. The van der Waals surface area contributed by atoms with Gasteiger partial charge in [0.05, 0.1) is 38.9 Å². The highest BCUT2D eigenvalue weighted by atomic mass is 19.1. The van der Waals surface area contributed by atoms with Crippen LogP contribution in [-0.4, -0.2) is 79.1 Å². The van der Waals surface area contributed by atoms with E-state index in [0.717, 1.165) is 28.8 Å². The number of rotatable bonds is 15. The molecule has 0 radical (unpaired) electrons. The minimum absolute atomic E-state index is 0.0253. The average Bonchev–Trinajstić information content (AvgIpc) is 3.58. The fourth-order valence-electron chi connectivity index (χ4n) is 4.63. The third-order valence-electron chi connectivity index (χ3n) is 7.09. The summed E-state index contributed by atoms with van der Waals surface area (Å²) < 4.78 is 33.3. The van der Waals surface area contributed by atoms with Gasteiger partial charge in [-0.3, -0.25) is 15.0 Å². The molecule has 0 aliphatic heterocycles. The van der Waals surface area contributed by atoms with Gasteiger partial charge >= 0.3 is 0 Å². The zero-order chi connectivity index (χ0) is 33.1. The normalized spacial score (nSPS) is 12.1. The molecule has 0 bridgehead atoms. The number of hydrogen-bond acceptors (Lipinski definition) is 9.